The number of nitrogens with zero attached hydrogens (tertiary/aromatic N) is 1. The van der Waals surface area contributed by atoms with Crippen LogP contribution in [0.3, 0.4) is 0 Å². The lowest BCUT2D eigenvalue weighted by Gasteiger charge is -2.22. The number of fused-ring (bicyclic) bond motifs is 1. The van der Waals surface area contributed by atoms with Gasteiger partial charge in [-0.15, -0.1) is 23.1 Å². The molecular formula is C28H27N3O4S2. The number of rotatable bonds is 9. The Morgan fingerprint density at radius 3 is 2.65 bits per heavy atom. The molecule has 9 heteroatoms. The Bertz CT molecular complexity index is 1350. The first-order valence-corrected chi connectivity index (χ1v) is 13.7. The molecule has 7 nitrogen and oxygen atoms in total. The van der Waals surface area contributed by atoms with Crippen molar-refractivity contribution in [2.24, 2.45) is 0 Å². The maximum absolute atomic E-state index is 13.0. The molecule has 0 fully saturated rings. The standard InChI is InChI=1S/C28H27N3O4S2/c1-17(36-21-9-5-8-20(15-21)30-25(32)12-13-26(33)34)27(35)31-28-23(16-29)22-11-10-19(14-24(22)37-28)18-6-3-2-4-7-18/h2-9,15,17,19H,10-14H2,1H3,(H,30,32)(H,31,35)(H,33,34). The summed E-state index contributed by atoms with van der Waals surface area (Å²) in [5, 5.41) is 24.4. The van der Waals surface area contributed by atoms with Crippen molar-refractivity contribution in [3.8, 4) is 6.07 Å². The highest BCUT2D eigenvalue weighted by molar-refractivity contribution is 8.00. The van der Waals surface area contributed by atoms with E-state index in [4.69, 9.17) is 5.11 Å². The van der Waals surface area contributed by atoms with Crippen molar-refractivity contribution in [2.75, 3.05) is 10.6 Å². The van der Waals surface area contributed by atoms with Crippen molar-refractivity contribution in [2.45, 2.75) is 55.1 Å². The van der Waals surface area contributed by atoms with E-state index in [1.165, 1.54) is 33.5 Å². The zero-order valence-corrected chi connectivity index (χ0v) is 22.0. The number of carbonyl (C=O) groups is 3. The molecule has 2 aromatic carbocycles. The Balaban J connectivity index is 1.39. The summed E-state index contributed by atoms with van der Waals surface area (Å²) in [5.41, 5.74) is 3.47. The number of carbonyl (C=O) groups excluding carboxylic acids is 2. The van der Waals surface area contributed by atoms with E-state index in [-0.39, 0.29) is 24.7 Å². The van der Waals surface area contributed by atoms with Crippen molar-refractivity contribution < 1.29 is 19.5 Å². The van der Waals surface area contributed by atoms with Gasteiger partial charge in [0, 0.05) is 21.9 Å². The molecule has 1 aromatic heterocycles. The van der Waals surface area contributed by atoms with E-state index < -0.39 is 11.2 Å². The molecule has 37 heavy (non-hydrogen) atoms. The first kappa shape index (κ1) is 26.5. The van der Waals surface area contributed by atoms with Crippen molar-refractivity contribution in [1.82, 2.24) is 0 Å². The summed E-state index contributed by atoms with van der Waals surface area (Å²) in [7, 11) is 0. The van der Waals surface area contributed by atoms with E-state index in [0.29, 0.717) is 22.2 Å². The van der Waals surface area contributed by atoms with E-state index in [9.17, 15) is 19.6 Å². The van der Waals surface area contributed by atoms with Crippen LogP contribution in [-0.2, 0) is 27.2 Å². The van der Waals surface area contributed by atoms with Crippen LogP contribution in [0.4, 0.5) is 10.7 Å². The van der Waals surface area contributed by atoms with Gasteiger partial charge in [-0.2, -0.15) is 5.26 Å². The Morgan fingerprint density at radius 2 is 1.92 bits per heavy atom. The summed E-state index contributed by atoms with van der Waals surface area (Å²) in [6, 6.07) is 19.8. The Kier molecular flexibility index (Phi) is 8.64. The lowest BCUT2D eigenvalue weighted by atomic mass is 9.83. The highest BCUT2D eigenvalue weighted by Gasteiger charge is 2.28. The van der Waals surface area contributed by atoms with Gasteiger partial charge in [-0.3, -0.25) is 14.4 Å². The van der Waals surface area contributed by atoms with Gasteiger partial charge < -0.3 is 15.7 Å². The summed E-state index contributed by atoms with van der Waals surface area (Å²) in [6.45, 7) is 1.79. The summed E-state index contributed by atoms with van der Waals surface area (Å²) in [5.74, 6) is -1.19. The number of amides is 2. The number of anilines is 2. The van der Waals surface area contributed by atoms with Gasteiger partial charge in [-0.25, -0.2) is 0 Å². The fourth-order valence-electron chi connectivity index (χ4n) is 4.36. The molecule has 0 spiro atoms. The smallest absolute Gasteiger partial charge is 0.303 e. The van der Waals surface area contributed by atoms with Crippen LogP contribution in [0.2, 0.25) is 0 Å². The molecule has 190 valence electrons. The molecule has 0 radical (unpaired) electrons. The van der Waals surface area contributed by atoms with Crippen molar-refractivity contribution in [3.05, 3.63) is 76.2 Å². The van der Waals surface area contributed by atoms with E-state index >= 15 is 0 Å². The molecule has 2 unspecified atom stereocenters. The van der Waals surface area contributed by atoms with Crippen molar-refractivity contribution in [1.29, 1.82) is 5.26 Å². The maximum atomic E-state index is 13.0. The van der Waals surface area contributed by atoms with Gasteiger partial charge in [-0.1, -0.05) is 36.4 Å². The van der Waals surface area contributed by atoms with Crippen molar-refractivity contribution in [3.63, 3.8) is 0 Å². The van der Waals surface area contributed by atoms with E-state index in [1.54, 1.807) is 25.1 Å². The molecule has 2 amide bonds. The summed E-state index contributed by atoms with van der Waals surface area (Å²) < 4.78 is 0. The molecule has 2 atom stereocenters. The second kappa shape index (κ2) is 12.1. The predicted octanol–water partition coefficient (Wildman–Crippen LogP) is 5.81. The van der Waals surface area contributed by atoms with Crippen LogP contribution in [0.5, 0.6) is 0 Å². The largest absolute Gasteiger partial charge is 0.481 e. The quantitative estimate of drug-likeness (QED) is 0.299. The normalized spacial score (nSPS) is 15.2. The minimum atomic E-state index is -1.03. The van der Waals surface area contributed by atoms with E-state index in [1.807, 2.05) is 24.3 Å². The topological polar surface area (TPSA) is 119 Å². The molecule has 0 saturated carbocycles. The number of thiophene rings is 1. The fourth-order valence-corrected chi connectivity index (χ4v) is 6.57. The van der Waals surface area contributed by atoms with Crippen LogP contribution in [0.25, 0.3) is 0 Å². The highest BCUT2D eigenvalue weighted by atomic mass is 32.2. The highest BCUT2D eigenvalue weighted by Crippen LogP contribution is 2.42. The van der Waals surface area contributed by atoms with Crippen LogP contribution in [0.15, 0.2) is 59.5 Å². The minimum Gasteiger partial charge on any atom is -0.481 e. The molecule has 3 N–H and O–H groups in total. The molecule has 0 saturated heterocycles. The summed E-state index contributed by atoms with van der Waals surface area (Å²) >= 11 is 2.84. The van der Waals surface area contributed by atoms with Crippen LogP contribution in [0, 0.1) is 11.3 Å². The van der Waals surface area contributed by atoms with Gasteiger partial charge in [0.2, 0.25) is 11.8 Å². The minimum absolute atomic E-state index is 0.108. The van der Waals surface area contributed by atoms with E-state index in [2.05, 4.69) is 28.8 Å². The van der Waals surface area contributed by atoms with Gasteiger partial charge in [0.25, 0.3) is 0 Å². The van der Waals surface area contributed by atoms with E-state index in [0.717, 1.165) is 29.7 Å². The van der Waals surface area contributed by atoms with Gasteiger partial charge in [-0.05, 0) is 61.4 Å². The lowest BCUT2D eigenvalue weighted by Crippen LogP contribution is -2.22. The monoisotopic (exact) mass is 533 g/mol. The zero-order chi connectivity index (χ0) is 26.4. The third kappa shape index (κ3) is 6.79. The predicted molar refractivity (Wildman–Crippen MR) is 146 cm³/mol. The molecule has 0 aliphatic heterocycles. The molecule has 1 aliphatic carbocycles. The fraction of sp³-hybridized carbons (Fsp3) is 0.286. The number of nitriles is 1. The Morgan fingerprint density at radius 1 is 1.14 bits per heavy atom. The maximum Gasteiger partial charge on any atom is 0.303 e. The third-order valence-corrected chi connectivity index (χ3v) is 8.51. The first-order valence-electron chi connectivity index (χ1n) is 12.0. The van der Waals surface area contributed by atoms with Gasteiger partial charge >= 0.3 is 5.97 Å². The number of nitrogens with one attached hydrogen (secondary N) is 2. The number of benzene rings is 2. The van der Waals surface area contributed by atoms with Crippen LogP contribution in [-0.4, -0.2) is 28.1 Å². The number of thioether (sulfide) groups is 1. The zero-order valence-electron chi connectivity index (χ0n) is 20.3. The van der Waals surface area contributed by atoms with Gasteiger partial charge in [0.05, 0.1) is 17.2 Å². The number of carboxylic acid groups (broad SMARTS) is 1. The summed E-state index contributed by atoms with van der Waals surface area (Å²) in [6.07, 6.45) is 2.32. The SMILES string of the molecule is CC(Sc1cccc(NC(=O)CCC(=O)O)c1)C(=O)Nc1sc2c(c1C#N)CCC(c1ccccc1)C2. The summed E-state index contributed by atoms with van der Waals surface area (Å²) in [4.78, 5) is 37.6. The first-order chi connectivity index (χ1) is 17.8. The van der Waals surface area contributed by atoms with Crippen molar-refractivity contribution >= 4 is 51.6 Å². The molecule has 1 aliphatic rings. The van der Waals surface area contributed by atoms with Crippen LogP contribution >= 0.6 is 23.1 Å². The number of hydrogen-bond donors (Lipinski definition) is 3. The van der Waals surface area contributed by atoms with Gasteiger partial charge in [0.1, 0.15) is 11.1 Å². The average Bonchev–Trinajstić information content (AvgIpc) is 3.24. The number of aliphatic carboxylic acids is 1. The molecule has 0 bridgehead atoms. The molecule has 1 heterocycles. The van der Waals surface area contributed by atoms with Crippen LogP contribution < -0.4 is 10.6 Å². The Labute approximate surface area is 223 Å². The average molecular weight is 534 g/mol. The number of carboxylic acids is 1. The van der Waals surface area contributed by atoms with Gasteiger partial charge in [0.15, 0.2) is 0 Å². The number of hydrogen-bond acceptors (Lipinski definition) is 6. The second-order valence-electron chi connectivity index (χ2n) is 8.89. The molecule has 4 rings (SSSR count). The molecular weight excluding hydrogens is 506 g/mol. The third-order valence-electron chi connectivity index (χ3n) is 6.25. The molecule has 3 aromatic rings. The van der Waals surface area contributed by atoms with Crippen LogP contribution in [0.1, 0.15) is 53.7 Å². The Hall–Kier alpha value is -3.61. The lowest BCUT2D eigenvalue weighted by molar-refractivity contribution is -0.138. The second-order valence-corrected chi connectivity index (χ2v) is 11.4.